The lowest BCUT2D eigenvalue weighted by Crippen LogP contribution is -2.46. The van der Waals surface area contributed by atoms with Crippen molar-refractivity contribution in [3.63, 3.8) is 0 Å². The Morgan fingerprint density at radius 3 is 2.88 bits per heavy atom. The van der Waals surface area contributed by atoms with Gasteiger partial charge in [0.2, 0.25) is 0 Å². The lowest BCUT2D eigenvalue weighted by Gasteiger charge is -2.39. The number of amides is 1. The number of ether oxygens (including phenoxy) is 2. The van der Waals surface area contributed by atoms with Gasteiger partial charge in [-0.2, -0.15) is 0 Å². The zero-order valence-electron chi connectivity index (χ0n) is 14.6. The Labute approximate surface area is 152 Å². The van der Waals surface area contributed by atoms with E-state index in [1.807, 2.05) is 30.3 Å². The summed E-state index contributed by atoms with van der Waals surface area (Å²) in [6.07, 6.45) is 1.46. The summed E-state index contributed by atoms with van der Waals surface area (Å²) in [5, 5.41) is 14.0. The van der Waals surface area contributed by atoms with E-state index in [9.17, 15) is 9.90 Å². The molecule has 6 nitrogen and oxygen atoms in total. The highest BCUT2D eigenvalue weighted by Crippen LogP contribution is 2.40. The second-order valence-electron chi connectivity index (χ2n) is 6.58. The number of carbonyl (C=O) groups excluding carboxylic acids is 1. The van der Waals surface area contributed by atoms with E-state index in [1.54, 1.807) is 17.0 Å². The van der Waals surface area contributed by atoms with E-state index in [2.05, 4.69) is 5.32 Å². The van der Waals surface area contributed by atoms with Crippen LogP contribution in [0.4, 0.5) is 5.69 Å². The molecule has 1 amide bonds. The zero-order valence-corrected chi connectivity index (χ0v) is 14.6. The number of fused-ring (bicyclic) bond motifs is 1. The molecular weight excluding hydrogens is 332 g/mol. The van der Waals surface area contributed by atoms with Crippen molar-refractivity contribution in [1.82, 2.24) is 4.90 Å². The maximum Gasteiger partial charge on any atom is 0.257 e. The highest BCUT2D eigenvalue weighted by atomic mass is 16.5. The first-order valence-corrected chi connectivity index (χ1v) is 8.83. The van der Waals surface area contributed by atoms with Gasteiger partial charge in [0.25, 0.3) is 5.91 Å². The summed E-state index contributed by atoms with van der Waals surface area (Å²) in [6, 6.07) is 12.7. The number of hydrogen-bond acceptors (Lipinski definition) is 5. The standard InChI is InChI=1S/C20H22N2O4/c1-25-17-10-4-8-15(18(17)23)19-21-16-9-3-2-7-14(16)20(24)22(19)12-13-6-5-11-26-13/h2-4,7-10,13,19,21,23H,5-6,11-12H2,1H3/t13-,19+/m1/s1. The van der Waals surface area contributed by atoms with Gasteiger partial charge in [-0.1, -0.05) is 24.3 Å². The molecule has 0 spiro atoms. The molecule has 6 heteroatoms. The largest absolute Gasteiger partial charge is 0.504 e. The van der Waals surface area contributed by atoms with Crippen LogP contribution in [0.15, 0.2) is 42.5 Å². The van der Waals surface area contributed by atoms with Crippen molar-refractivity contribution in [1.29, 1.82) is 0 Å². The van der Waals surface area contributed by atoms with Gasteiger partial charge in [0.1, 0.15) is 6.17 Å². The van der Waals surface area contributed by atoms with Crippen LogP contribution < -0.4 is 10.1 Å². The van der Waals surface area contributed by atoms with E-state index < -0.39 is 6.17 Å². The van der Waals surface area contributed by atoms with Crippen molar-refractivity contribution in [2.24, 2.45) is 0 Å². The third-order valence-corrected chi connectivity index (χ3v) is 4.99. The molecule has 2 atom stereocenters. The Kier molecular flexibility index (Phi) is 4.42. The van der Waals surface area contributed by atoms with Crippen molar-refractivity contribution >= 4 is 11.6 Å². The van der Waals surface area contributed by atoms with Crippen LogP contribution in [0.1, 0.15) is 34.9 Å². The van der Waals surface area contributed by atoms with Crippen molar-refractivity contribution in [2.45, 2.75) is 25.1 Å². The number of rotatable bonds is 4. The Morgan fingerprint density at radius 1 is 1.27 bits per heavy atom. The molecule has 2 aliphatic rings. The second-order valence-corrected chi connectivity index (χ2v) is 6.58. The smallest absolute Gasteiger partial charge is 0.257 e. The fourth-order valence-corrected chi connectivity index (χ4v) is 3.66. The molecule has 2 N–H and O–H groups in total. The van der Waals surface area contributed by atoms with Gasteiger partial charge in [-0.15, -0.1) is 0 Å². The third kappa shape index (κ3) is 2.86. The fourth-order valence-electron chi connectivity index (χ4n) is 3.66. The first-order chi connectivity index (χ1) is 12.7. The van der Waals surface area contributed by atoms with Gasteiger partial charge >= 0.3 is 0 Å². The van der Waals surface area contributed by atoms with Gasteiger partial charge in [0, 0.05) is 24.4 Å². The van der Waals surface area contributed by atoms with Gasteiger partial charge < -0.3 is 24.8 Å². The number of para-hydroxylation sites is 2. The highest BCUT2D eigenvalue weighted by Gasteiger charge is 2.36. The number of anilines is 1. The topological polar surface area (TPSA) is 71.0 Å². The van der Waals surface area contributed by atoms with Crippen molar-refractivity contribution in [2.75, 3.05) is 25.6 Å². The molecule has 4 rings (SSSR count). The molecule has 2 heterocycles. The van der Waals surface area contributed by atoms with Gasteiger partial charge in [-0.3, -0.25) is 4.79 Å². The summed E-state index contributed by atoms with van der Waals surface area (Å²) in [5.41, 5.74) is 1.99. The minimum atomic E-state index is -0.489. The number of hydrogen-bond donors (Lipinski definition) is 2. The summed E-state index contributed by atoms with van der Waals surface area (Å²) in [7, 11) is 1.51. The first kappa shape index (κ1) is 16.7. The lowest BCUT2D eigenvalue weighted by molar-refractivity contribution is 0.0424. The lowest BCUT2D eigenvalue weighted by atomic mass is 10.0. The van der Waals surface area contributed by atoms with E-state index >= 15 is 0 Å². The first-order valence-electron chi connectivity index (χ1n) is 8.83. The monoisotopic (exact) mass is 354 g/mol. The van der Waals surface area contributed by atoms with Crippen LogP contribution in [0.5, 0.6) is 11.5 Å². The average molecular weight is 354 g/mol. The number of phenolic OH excluding ortho intramolecular Hbond substituents is 1. The van der Waals surface area contributed by atoms with E-state index in [-0.39, 0.29) is 17.8 Å². The molecule has 1 fully saturated rings. The van der Waals surface area contributed by atoms with Crippen LogP contribution >= 0.6 is 0 Å². The average Bonchev–Trinajstić information content (AvgIpc) is 3.17. The summed E-state index contributed by atoms with van der Waals surface area (Å²) < 4.78 is 11.0. The third-order valence-electron chi connectivity index (χ3n) is 4.99. The van der Waals surface area contributed by atoms with E-state index in [1.165, 1.54) is 7.11 Å². The summed E-state index contributed by atoms with van der Waals surface area (Å²) in [6.45, 7) is 1.20. The van der Waals surface area contributed by atoms with Crippen LogP contribution in [0, 0.1) is 0 Å². The van der Waals surface area contributed by atoms with Crippen LogP contribution in [-0.4, -0.2) is 42.3 Å². The minimum Gasteiger partial charge on any atom is -0.504 e. The molecule has 0 bridgehead atoms. The molecule has 0 aromatic heterocycles. The number of methoxy groups -OCH3 is 1. The van der Waals surface area contributed by atoms with Crippen LogP contribution in [0.2, 0.25) is 0 Å². The maximum absolute atomic E-state index is 13.2. The Hall–Kier alpha value is -2.73. The van der Waals surface area contributed by atoms with Crippen molar-refractivity contribution in [3.05, 3.63) is 53.6 Å². The highest BCUT2D eigenvalue weighted by molar-refractivity contribution is 6.01. The predicted octanol–water partition coefficient (Wildman–Crippen LogP) is 3.15. The number of nitrogens with zero attached hydrogens (tertiary/aromatic N) is 1. The minimum absolute atomic E-state index is 0.0151. The molecule has 0 radical (unpaired) electrons. The van der Waals surface area contributed by atoms with E-state index in [0.717, 1.165) is 25.1 Å². The van der Waals surface area contributed by atoms with E-state index in [4.69, 9.17) is 9.47 Å². The number of nitrogens with one attached hydrogen (secondary N) is 1. The molecular formula is C20H22N2O4. The summed E-state index contributed by atoms with van der Waals surface area (Å²) in [4.78, 5) is 14.9. The number of aromatic hydroxyl groups is 1. The van der Waals surface area contributed by atoms with Crippen molar-refractivity contribution < 1.29 is 19.4 Å². The molecule has 0 saturated carbocycles. The Balaban J connectivity index is 1.75. The van der Waals surface area contributed by atoms with Crippen LogP contribution in [-0.2, 0) is 4.74 Å². The SMILES string of the molecule is COc1cccc([C@H]2Nc3ccccc3C(=O)N2C[C@H]2CCCO2)c1O. The molecule has 1 saturated heterocycles. The molecule has 2 aliphatic heterocycles. The van der Waals surface area contributed by atoms with Gasteiger partial charge in [0.15, 0.2) is 11.5 Å². The number of phenols is 1. The van der Waals surface area contributed by atoms with Crippen molar-refractivity contribution in [3.8, 4) is 11.5 Å². The molecule has 2 aromatic rings. The summed E-state index contributed by atoms with van der Waals surface area (Å²) >= 11 is 0. The van der Waals surface area contributed by atoms with Crippen LogP contribution in [0.25, 0.3) is 0 Å². The Bertz CT molecular complexity index is 817. The van der Waals surface area contributed by atoms with Gasteiger partial charge in [-0.25, -0.2) is 0 Å². The molecule has 26 heavy (non-hydrogen) atoms. The predicted molar refractivity (Wildman–Crippen MR) is 97.5 cm³/mol. The maximum atomic E-state index is 13.2. The van der Waals surface area contributed by atoms with E-state index in [0.29, 0.717) is 23.4 Å². The summed E-state index contributed by atoms with van der Waals surface area (Å²) in [5.74, 6) is 0.353. The quantitative estimate of drug-likeness (QED) is 0.883. The molecule has 0 unspecified atom stereocenters. The zero-order chi connectivity index (χ0) is 18.1. The molecule has 2 aromatic carbocycles. The fraction of sp³-hybridized carbons (Fsp3) is 0.350. The van der Waals surface area contributed by atoms with Crippen LogP contribution in [0.3, 0.4) is 0 Å². The number of benzene rings is 2. The normalized spacial score (nSPS) is 22.0. The van der Waals surface area contributed by atoms with Gasteiger partial charge in [0.05, 0.1) is 18.8 Å². The van der Waals surface area contributed by atoms with Gasteiger partial charge in [-0.05, 0) is 31.0 Å². The molecule has 0 aliphatic carbocycles. The number of carbonyl (C=O) groups is 1. The Morgan fingerprint density at radius 2 is 2.12 bits per heavy atom. The second kappa shape index (κ2) is 6.88. The molecule has 136 valence electrons.